The Labute approximate surface area is 378 Å². The molecule has 0 aliphatic heterocycles. The van der Waals surface area contributed by atoms with Gasteiger partial charge in [-0.05, 0) is 63.0 Å². The SMILES string of the molecule is CCCCCCCCCCCCCCCCCOCOCC(COP(=O)(O)OCCN(C)CC)OCOCCCCCNC(=O)Cc1ccccc1Nc1c(Cl)cccc1Cl. The fourth-order valence-electron chi connectivity index (χ4n) is 6.42. The van der Waals surface area contributed by atoms with Crippen LogP contribution in [0, 0.1) is 0 Å². The molecule has 2 atom stereocenters. The normalized spacial score (nSPS) is 13.1. The summed E-state index contributed by atoms with van der Waals surface area (Å²) in [6.45, 7) is 7.14. The number of rotatable bonds is 41. The van der Waals surface area contributed by atoms with E-state index in [1.807, 2.05) is 43.1 Å². The van der Waals surface area contributed by atoms with Crippen molar-refractivity contribution in [2.45, 2.75) is 142 Å². The molecule has 0 aliphatic carbocycles. The quantitative estimate of drug-likeness (QED) is 0.0334. The number of phosphoric acid groups is 1. The number of ether oxygens (including phenoxy) is 4. The average Bonchev–Trinajstić information content (AvgIpc) is 3.24. The first-order valence-corrected chi connectivity index (χ1v) is 25.1. The van der Waals surface area contributed by atoms with Crippen molar-refractivity contribution in [3.05, 3.63) is 58.1 Å². The molecule has 0 heterocycles. The molecule has 0 saturated carbocycles. The van der Waals surface area contributed by atoms with Crippen molar-refractivity contribution in [1.29, 1.82) is 0 Å². The maximum absolute atomic E-state index is 12.7. The summed E-state index contributed by atoms with van der Waals surface area (Å²) in [5.41, 5.74) is 2.19. The zero-order valence-electron chi connectivity index (χ0n) is 37.5. The standard InChI is InChI=1S/C46H78Cl2N3O9P/c1-4-6-7-8-9-10-11-12-13-14-15-16-17-18-23-32-55-38-57-36-41(37-60-61(53,54)59-34-31-51(3)5-2)58-39-56-33-24-19-22-30-49-45(52)35-40-26-20-21-29-44(40)50-46-42(47)27-25-28-43(46)48/h20-21,25-29,41,50H,4-19,22-24,30-39H2,1-3H3,(H,49,52)(H,53,54). The molecule has 15 heteroatoms. The highest BCUT2D eigenvalue weighted by Crippen LogP contribution is 2.43. The van der Waals surface area contributed by atoms with Crippen molar-refractivity contribution in [3.63, 3.8) is 0 Å². The number of anilines is 2. The predicted molar refractivity (Wildman–Crippen MR) is 249 cm³/mol. The third-order valence-electron chi connectivity index (χ3n) is 10.3. The maximum Gasteiger partial charge on any atom is 0.472 e. The summed E-state index contributed by atoms with van der Waals surface area (Å²) in [5.74, 6) is -0.0822. The van der Waals surface area contributed by atoms with Gasteiger partial charge in [0, 0.05) is 32.0 Å². The monoisotopic (exact) mass is 917 g/mol. The molecule has 0 saturated heterocycles. The maximum atomic E-state index is 12.7. The van der Waals surface area contributed by atoms with Crippen LogP contribution in [0.1, 0.15) is 135 Å². The molecular formula is C46H78Cl2N3O9P. The molecule has 2 rings (SSSR count). The van der Waals surface area contributed by atoms with Crippen LogP contribution < -0.4 is 10.6 Å². The number of likely N-dealkylation sites (N-methyl/N-ethyl adjacent to an activating group) is 1. The molecule has 2 aromatic rings. The number of hydrogen-bond donors (Lipinski definition) is 3. The van der Waals surface area contributed by atoms with E-state index in [2.05, 4.69) is 17.6 Å². The lowest BCUT2D eigenvalue weighted by molar-refractivity contribution is -0.143. The first-order valence-electron chi connectivity index (χ1n) is 22.9. The second kappa shape index (κ2) is 36.5. The van der Waals surface area contributed by atoms with Gasteiger partial charge >= 0.3 is 7.82 Å². The molecule has 0 radical (unpaired) electrons. The van der Waals surface area contributed by atoms with Crippen molar-refractivity contribution in [3.8, 4) is 0 Å². The largest absolute Gasteiger partial charge is 0.472 e. The fraction of sp³-hybridized carbons (Fsp3) is 0.717. The highest BCUT2D eigenvalue weighted by atomic mass is 35.5. The Bertz CT molecular complexity index is 1430. The van der Waals surface area contributed by atoms with Gasteiger partial charge in [-0.25, -0.2) is 4.57 Å². The van der Waals surface area contributed by atoms with Gasteiger partial charge < -0.3 is 39.4 Å². The Morgan fingerprint density at radius 1 is 0.705 bits per heavy atom. The van der Waals surface area contributed by atoms with Crippen molar-refractivity contribution >= 4 is 48.3 Å². The van der Waals surface area contributed by atoms with Crippen molar-refractivity contribution in [1.82, 2.24) is 10.2 Å². The van der Waals surface area contributed by atoms with Crippen molar-refractivity contribution in [2.75, 3.05) is 78.6 Å². The number of para-hydroxylation sites is 2. The summed E-state index contributed by atoms with van der Waals surface area (Å²) in [5, 5.41) is 7.25. The third kappa shape index (κ3) is 29.3. The third-order valence-corrected chi connectivity index (χ3v) is 11.9. The summed E-state index contributed by atoms with van der Waals surface area (Å²) < 4.78 is 45.7. The summed E-state index contributed by atoms with van der Waals surface area (Å²) in [7, 11) is -2.38. The zero-order valence-corrected chi connectivity index (χ0v) is 39.9. The number of unbranched alkanes of at least 4 members (excludes halogenated alkanes) is 16. The van der Waals surface area contributed by atoms with Crippen LogP contribution in [0.25, 0.3) is 0 Å². The molecule has 350 valence electrons. The minimum absolute atomic E-state index is 0.0428. The number of nitrogens with one attached hydrogen (secondary N) is 2. The number of nitrogens with zero attached hydrogens (tertiary/aromatic N) is 1. The minimum atomic E-state index is -4.28. The van der Waals surface area contributed by atoms with Crippen molar-refractivity contribution < 1.29 is 42.2 Å². The molecule has 0 aliphatic rings. The minimum Gasteiger partial charge on any atom is -0.356 e. The van der Waals surface area contributed by atoms with Gasteiger partial charge in [0.25, 0.3) is 0 Å². The Morgan fingerprint density at radius 3 is 1.90 bits per heavy atom. The van der Waals surface area contributed by atoms with Gasteiger partial charge in [-0.3, -0.25) is 13.8 Å². The smallest absolute Gasteiger partial charge is 0.356 e. The van der Waals surface area contributed by atoms with Crippen LogP contribution in [0.3, 0.4) is 0 Å². The molecule has 0 spiro atoms. The van der Waals surface area contributed by atoms with Crippen LogP contribution in [-0.2, 0) is 43.8 Å². The number of phosphoric ester groups is 1. The van der Waals surface area contributed by atoms with Gasteiger partial charge in [-0.1, -0.05) is 151 Å². The molecule has 0 aromatic heterocycles. The second-order valence-corrected chi connectivity index (χ2v) is 17.9. The van der Waals surface area contributed by atoms with Crippen LogP contribution in [0.15, 0.2) is 42.5 Å². The number of benzene rings is 2. The topological polar surface area (TPSA) is 137 Å². The van der Waals surface area contributed by atoms with E-state index in [4.69, 9.17) is 51.2 Å². The Kier molecular flexibility index (Phi) is 33.1. The summed E-state index contributed by atoms with van der Waals surface area (Å²) in [6.07, 6.45) is 21.6. The number of carbonyl (C=O) groups excluding carboxylic acids is 1. The van der Waals surface area contributed by atoms with Gasteiger partial charge in [0.15, 0.2) is 0 Å². The summed E-state index contributed by atoms with van der Waals surface area (Å²) >= 11 is 12.7. The van der Waals surface area contributed by atoms with Crippen LogP contribution >= 0.6 is 31.0 Å². The molecular weight excluding hydrogens is 840 g/mol. The molecule has 61 heavy (non-hydrogen) atoms. The molecule has 2 unspecified atom stereocenters. The number of halogens is 2. The van der Waals surface area contributed by atoms with E-state index in [1.165, 1.54) is 83.5 Å². The van der Waals surface area contributed by atoms with Gasteiger partial charge in [0.05, 0.1) is 42.0 Å². The lowest BCUT2D eigenvalue weighted by Gasteiger charge is -2.20. The molecule has 0 bridgehead atoms. The number of amides is 1. The van der Waals surface area contributed by atoms with Gasteiger partial charge in [0.2, 0.25) is 5.91 Å². The Morgan fingerprint density at radius 2 is 1.28 bits per heavy atom. The molecule has 0 fully saturated rings. The Hall–Kier alpha value is -1.80. The van der Waals surface area contributed by atoms with Gasteiger partial charge in [-0.15, -0.1) is 0 Å². The average molecular weight is 919 g/mol. The van der Waals surface area contributed by atoms with E-state index in [0.717, 1.165) is 49.9 Å². The van der Waals surface area contributed by atoms with Crippen LogP contribution in [0.4, 0.5) is 11.4 Å². The molecule has 3 N–H and O–H groups in total. The molecule has 2 aromatic carbocycles. The first kappa shape index (κ1) is 55.3. The summed E-state index contributed by atoms with van der Waals surface area (Å²) in [4.78, 5) is 24.9. The van der Waals surface area contributed by atoms with Gasteiger partial charge in [-0.2, -0.15) is 0 Å². The van der Waals surface area contributed by atoms with Crippen LogP contribution in [0.5, 0.6) is 0 Å². The lowest BCUT2D eigenvalue weighted by atomic mass is 10.0. The van der Waals surface area contributed by atoms with E-state index in [0.29, 0.717) is 42.0 Å². The zero-order chi connectivity index (χ0) is 44.2. The first-order chi connectivity index (χ1) is 29.6. The molecule has 12 nitrogen and oxygen atoms in total. The number of hydrogen-bond acceptors (Lipinski definition) is 10. The molecule has 1 amide bonds. The lowest BCUT2D eigenvalue weighted by Crippen LogP contribution is -2.28. The highest BCUT2D eigenvalue weighted by molar-refractivity contribution is 7.47. The Balaban J connectivity index is 1.59. The second-order valence-electron chi connectivity index (χ2n) is 15.6. The van der Waals surface area contributed by atoms with E-state index in [9.17, 15) is 14.3 Å². The van der Waals surface area contributed by atoms with Crippen LogP contribution in [0.2, 0.25) is 10.0 Å². The predicted octanol–water partition coefficient (Wildman–Crippen LogP) is 11.9. The van der Waals surface area contributed by atoms with E-state index in [-0.39, 0.29) is 45.7 Å². The fourth-order valence-corrected chi connectivity index (χ4v) is 7.66. The number of carbonyl (C=O) groups is 1. The van der Waals surface area contributed by atoms with Gasteiger partial charge in [0.1, 0.15) is 19.7 Å². The van der Waals surface area contributed by atoms with Crippen LogP contribution in [-0.4, -0.2) is 95.1 Å². The highest BCUT2D eigenvalue weighted by Gasteiger charge is 2.24. The van der Waals surface area contributed by atoms with Crippen molar-refractivity contribution in [2.24, 2.45) is 0 Å². The van der Waals surface area contributed by atoms with E-state index in [1.54, 1.807) is 18.2 Å². The van der Waals surface area contributed by atoms with E-state index < -0.39 is 13.9 Å². The van der Waals surface area contributed by atoms with E-state index >= 15 is 0 Å². The summed E-state index contributed by atoms with van der Waals surface area (Å²) in [6, 6.07) is 12.9.